The Balaban J connectivity index is 1.51. The molecule has 28 heavy (non-hydrogen) atoms. The van der Waals surface area contributed by atoms with Crippen molar-refractivity contribution in [1.29, 1.82) is 0 Å². The molecule has 1 heterocycles. The molecule has 0 saturated carbocycles. The highest BCUT2D eigenvalue weighted by atomic mass is 79.9. The highest BCUT2D eigenvalue weighted by Gasteiger charge is 2.12. The van der Waals surface area contributed by atoms with Gasteiger partial charge in [0.1, 0.15) is 5.69 Å². The second kappa shape index (κ2) is 9.32. The number of methoxy groups -OCH3 is 1. The molecule has 2 amide bonds. The normalized spacial score (nSPS) is 10.5. The molecular weight excluding hydrogens is 422 g/mol. The number of hydrogen-bond donors (Lipinski definition) is 2. The van der Waals surface area contributed by atoms with Gasteiger partial charge in [-0.15, -0.1) is 0 Å². The summed E-state index contributed by atoms with van der Waals surface area (Å²) in [5.41, 5.74) is 0.889. The van der Waals surface area contributed by atoms with E-state index in [2.05, 4.69) is 31.5 Å². The van der Waals surface area contributed by atoms with Crippen LogP contribution in [0.2, 0.25) is 0 Å². The minimum Gasteiger partial charge on any atom is -0.481 e. The second-order valence-electron chi connectivity index (χ2n) is 6.11. The molecule has 2 N–H and O–H groups in total. The molecule has 0 aliphatic heterocycles. The standard InChI is InChI=1S/C21H20BrN3O3/c1-28-21-17-9-3-2-6-14(17)13-18(25-21)20(27)24-11-5-10-23-19(26)15-7-4-8-16(22)12-15/h2-4,6-9,12-13H,5,10-11H2,1H3,(H,23,26)(H,24,27). The number of halogens is 1. The molecule has 0 spiro atoms. The quantitative estimate of drug-likeness (QED) is 0.549. The number of carbonyl (C=O) groups excluding carboxylic acids is 2. The van der Waals surface area contributed by atoms with Gasteiger partial charge in [-0.2, -0.15) is 0 Å². The first-order chi connectivity index (χ1) is 13.6. The molecule has 0 radical (unpaired) electrons. The number of amides is 2. The molecule has 0 aliphatic rings. The Morgan fingerprint density at radius 3 is 2.50 bits per heavy atom. The van der Waals surface area contributed by atoms with Gasteiger partial charge in [0, 0.05) is 28.5 Å². The number of rotatable bonds is 7. The van der Waals surface area contributed by atoms with Crippen molar-refractivity contribution in [2.45, 2.75) is 6.42 Å². The van der Waals surface area contributed by atoms with E-state index in [1.54, 1.807) is 18.2 Å². The van der Waals surface area contributed by atoms with E-state index >= 15 is 0 Å². The summed E-state index contributed by atoms with van der Waals surface area (Å²) in [6.07, 6.45) is 0.607. The van der Waals surface area contributed by atoms with Gasteiger partial charge >= 0.3 is 0 Å². The summed E-state index contributed by atoms with van der Waals surface area (Å²) in [4.78, 5) is 28.7. The van der Waals surface area contributed by atoms with Crippen LogP contribution in [0.4, 0.5) is 0 Å². The summed E-state index contributed by atoms with van der Waals surface area (Å²) in [6.45, 7) is 0.883. The van der Waals surface area contributed by atoms with E-state index in [1.807, 2.05) is 36.4 Å². The molecule has 3 rings (SSSR count). The number of benzene rings is 2. The Hall–Kier alpha value is -2.93. The summed E-state index contributed by atoms with van der Waals surface area (Å²) < 4.78 is 6.15. The summed E-state index contributed by atoms with van der Waals surface area (Å²) >= 11 is 3.34. The Morgan fingerprint density at radius 2 is 1.75 bits per heavy atom. The third-order valence-electron chi connectivity index (χ3n) is 4.14. The number of nitrogens with zero attached hydrogens (tertiary/aromatic N) is 1. The molecular formula is C21H20BrN3O3. The van der Waals surface area contributed by atoms with Crippen LogP contribution in [0.3, 0.4) is 0 Å². The van der Waals surface area contributed by atoms with Crippen LogP contribution in [0.25, 0.3) is 10.8 Å². The van der Waals surface area contributed by atoms with Gasteiger partial charge in [-0.25, -0.2) is 4.98 Å². The van der Waals surface area contributed by atoms with Crippen LogP contribution in [0, 0.1) is 0 Å². The Morgan fingerprint density at radius 1 is 1.00 bits per heavy atom. The van der Waals surface area contributed by atoms with Gasteiger partial charge in [0.15, 0.2) is 0 Å². The van der Waals surface area contributed by atoms with E-state index in [0.29, 0.717) is 36.6 Å². The monoisotopic (exact) mass is 441 g/mol. The maximum Gasteiger partial charge on any atom is 0.270 e. The maximum absolute atomic E-state index is 12.4. The van der Waals surface area contributed by atoms with Crippen LogP contribution in [0.15, 0.2) is 59.1 Å². The Bertz CT molecular complexity index is 1010. The highest BCUT2D eigenvalue weighted by molar-refractivity contribution is 9.10. The predicted molar refractivity (Wildman–Crippen MR) is 112 cm³/mol. The van der Waals surface area contributed by atoms with Crippen LogP contribution in [-0.2, 0) is 0 Å². The zero-order chi connectivity index (χ0) is 19.9. The molecule has 0 fully saturated rings. The van der Waals surface area contributed by atoms with Crippen molar-refractivity contribution < 1.29 is 14.3 Å². The third kappa shape index (κ3) is 4.86. The van der Waals surface area contributed by atoms with Gasteiger partial charge in [0.2, 0.25) is 5.88 Å². The van der Waals surface area contributed by atoms with Crippen LogP contribution < -0.4 is 15.4 Å². The molecule has 0 unspecified atom stereocenters. The molecule has 6 nitrogen and oxygen atoms in total. The van der Waals surface area contributed by atoms with Gasteiger partial charge in [0.05, 0.1) is 7.11 Å². The molecule has 144 valence electrons. The SMILES string of the molecule is COc1nc(C(=O)NCCCNC(=O)c2cccc(Br)c2)cc2ccccc12. The average Bonchev–Trinajstić information content (AvgIpc) is 2.72. The number of aromatic nitrogens is 1. The fourth-order valence-corrected chi connectivity index (χ4v) is 3.15. The van der Waals surface area contributed by atoms with E-state index in [9.17, 15) is 9.59 Å². The Kier molecular flexibility index (Phi) is 6.60. The van der Waals surface area contributed by atoms with Crippen molar-refractivity contribution >= 4 is 38.5 Å². The topological polar surface area (TPSA) is 80.3 Å². The lowest BCUT2D eigenvalue weighted by Gasteiger charge is -2.09. The zero-order valence-corrected chi connectivity index (χ0v) is 17.0. The number of fused-ring (bicyclic) bond motifs is 1. The molecule has 0 atom stereocenters. The van der Waals surface area contributed by atoms with Gasteiger partial charge in [-0.05, 0) is 42.1 Å². The fourth-order valence-electron chi connectivity index (χ4n) is 2.75. The minimum atomic E-state index is -0.276. The molecule has 0 bridgehead atoms. The van der Waals surface area contributed by atoms with Gasteiger partial charge in [-0.1, -0.05) is 40.2 Å². The van der Waals surface area contributed by atoms with Gasteiger partial charge in [0.25, 0.3) is 11.8 Å². The molecule has 3 aromatic rings. The first-order valence-corrected chi connectivity index (χ1v) is 9.63. The van der Waals surface area contributed by atoms with Crippen LogP contribution in [-0.4, -0.2) is 37.0 Å². The highest BCUT2D eigenvalue weighted by Crippen LogP contribution is 2.24. The molecule has 0 aliphatic carbocycles. The summed E-state index contributed by atoms with van der Waals surface area (Å²) in [5, 5.41) is 7.40. The number of carbonyl (C=O) groups is 2. The number of hydrogen-bond acceptors (Lipinski definition) is 4. The van der Waals surface area contributed by atoms with Crippen molar-refractivity contribution in [3.8, 4) is 5.88 Å². The lowest BCUT2D eigenvalue weighted by atomic mass is 10.1. The van der Waals surface area contributed by atoms with E-state index in [-0.39, 0.29) is 11.8 Å². The lowest BCUT2D eigenvalue weighted by Crippen LogP contribution is -2.30. The zero-order valence-electron chi connectivity index (χ0n) is 15.4. The molecule has 1 aromatic heterocycles. The van der Waals surface area contributed by atoms with E-state index in [4.69, 9.17) is 4.74 Å². The lowest BCUT2D eigenvalue weighted by molar-refractivity contribution is 0.0947. The smallest absolute Gasteiger partial charge is 0.270 e. The first-order valence-electron chi connectivity index (χ1n) is 8.84. The summed E-state index contributed by atoms with van der Waals surface area (Å²) in [5.74, 6) is 0.000429. The summed E-state index contributed by atoms with van der Waals surface area (Å²) in [7, 11) is 1.53. The largest absolute Gasteiger partial charge is 0.481 e. The molecule has 2 aromatic carbocycles. The van der Waals surface area contributed by atoms with Crippen molar-refractivity contribution in [3.05, 3.63) is 70.3 Å². The third-order valence-corrected chi connectivity index (χ3v) is 4.64. The average molecular weight is 442 g/mol. The Labute approximate surface area is 171 Å². The van der Waals surface area contributed by atoms with Crippen molar-refractivity contribution in [1.82, 2.24) is 15.6 Å². The second-order valence-corrected chi connectivity index (χ2v) is 7.03. The van der Waals surface area contributed by atoms with Crippen molar-refractivity contribution in [2.24, 2.45) is 0 Å². The van der Waals surface area contributed by atoms with E-state index < -0.39 is 0 Å². The van der Waals surface area contributed by atoms with E-state index in [0.717, 1.165) is 15.2 Å². The van der Waals surface area contributed by atoms with Crippen molar-refractivity contribution in [2.75, 3.05) is 20.2 Å². The number of pyridine rings is 1. The van der Waals surface area contributed by atoms with Crippen LogP contribution in [0.5, 0.6) is 5.88 Å². The number of nitrogens with one attached hydrogen (secondary N) is 2. The van der Waals surface area contributed by atoms with Gasteiger partial charge in [-0.3, -0.25) is 9.59 Å². The minimum absolute atomic E-state index is 0.145. The van der Waals surface area contributed by atoms with E-state index in [1.165, 1.54) is 7.11 Å². The maximum atomic E-state index is 12.4. The number of ether oxygens (including phenoxy) is 1. The van der Waals surface area contributed by atoms with Gasteiger partial charge < -0.3 is 15.4 Å². The van der Waals surface area contributed by atoms with Crippen molar-refractivity contribution in [3.63, 3.8) is 0 Å². The fraction of sp³-hybridized carbons (Fsp3) is 0.190. The van der Waals surface area contributed by atoms with Crippen LogP contribution >= 0.6 is 15.9 Å². The molecule has 0 saturated heterocycles. The molecule has 7 heteroatoms. The predicted octanol–water partition coefficient (Wildman–Crippen LogP) is 3.56. The van der Waals surface area contributed by atoms with Crippen LogP contribution in [0.1, 0.15) is 27.3 Å². The first kappa shape index (κ1) is 19.8. The summed E-state index contributed by atoms with van der Waals surface area (Å²) in [6, 6.07) is 16.5.